The number of fused-ring (bicyclic) bond motifs is 1. The van der Waals surface area contributed by atoms with Gasteiger partial charge in [-0.25, -0.2) is 4.98 Å². The zero-order chi connectivity index (χ0) is 16.3. The van der Waals surface area contributed by atoms with Crippen molar-refractivity contribution in [3.8, 4) is 0 Å². The number of thiophene rings is 1. The second-order valence-corrected chi connectivity index (χ2v) is 6.65. The molecule has 0 radical (unpaired) electrons. The van der Waals surface area contributed by atoms with Gasteiger partial charge in [0, 0.05) is 30.4 Å². The molecule has 1 atom stereocenters. The van der Waals surface area contributed by atoms with E-state index in [-0.39, 0.29) is 36.3 Å². The smallest absolute Gasteiger partial charge is 0.262 e. The van der Waals surface area contributed by atoms with E-state index < -0.39 is 0 Å². The molecule has 2 N–H and O–H groups in total. The third-order valence-electron chi connectivity index (χ3n) is 3.83. The lowest BCUT2D eigenvalue weighted by Crippen LogP contribution is -2.37. The van der Waals surface area contributed by atoms with Gasteiger partial charge in [-0.15, -0.1) is 23.7 Å². The molecule has 1 amide bonds. The first kappa shape index (κ1) is 19.6. The quantitative estimate of drug-likeness (QED) is 0.822. The van der Waals surface area contributed by atoms with Crippen LogP contribution in [0.1, 0.15) is 23.8 Å². The van der Waals surface area contributed by atoms with E-state index in [0.29, 0.717) is 18.5 Å². The first-order valence-corrected chi connectivity index (χ1v) is 8.14. The largest absolute Gasteiger partial charge is 0.354 e. The van der Waals surface area contributed by atoms with Crippen LogP contribution in [-0.4, -0.2) is 35.1 Å². The van der Waals surface area contributed by atoms with Gasteiger partial charge in [0.05, 0.1) is 11.7 Å². The van der Waals surface area contributed by atoms with Gasteiger partial charge in [0.2, 0.25) is 5.91 Å². The first-order chi connectivity index (χ1) is 10.4. The molecule has 8 heteroatoms. The van der Waals surface area contributed by atoms with Crippen LogP contribution in [0.4, 0.5) is 0 Å². The first-order valence-electron chi connectivity index (χ1n) is 7.33. The Morgan fingerprint density at radius 1 is 1.43 bits per heavy atom. The van der Waals surface area contributed by atoms with Gasteiger partial charge >= 0.3 is 0 Å². The number of aromatic nitrogens is 2. The number of nitrogens with zero attached hydrogens (tertiary/aromatic N) is 2. The molecule has 1 unspecified atom stereocenters. The third-order valence-corrected chi connectivity index (χ3v) is 4.95. The summed E-state index contributed by atoms with van der Waals surface area (Å²) in [6, 6.07) is 0.223. The number of hydrogen-bond acceptors (Lipinski definition) is 5. The molecular weight excluding hydrogens is 336 g/mol. The van der Waals surface area contributed by atoms with E-state index in [0.717, 1.165) is 15.3 Å². The Bertz CT molecular complexity index is 741. The lowest BCUT2D eigenvalue weighted by molar-refractivity contribution is -0.121. The van der Waals surface area contributed by atoms with Crippen LogP contribution in [0.3, 0.4) is 0 Å². The molecule has 0 aliphatic rings. The van der Waals surface area contributed by atoms with E-state index in [1.54, 1.807) is 0 Å². The fourth-order valence-corrected chi connectivity index (χ4v) is 3.10. The van der Waals surface area contributed by atoms with Crippen molar-refractivity contribution >= 4 is 39.9 Å². The van der Waals surface area contributed by atoms with Crippen LogP contribution in [0.25, 0.3) is 10.2 Å². The van der Waals surface area contributed by atoms with Crippen LogP contribution < -0.4 is 16.2 Å². The Kier molecular flexibility index (Phi) is 7.18. The number of carbonyl (C=O) groups is 1. The highest BCUT2D eigenvalue weighted by Gasteiger charge is 2.12. The molecule has 0 saturated heterocycles. The monoisotopic (exact) mass is 358 g/mol. The van der Waals surface area contributed by atoms with E-state index in [9.17, 15) is 9.59 Å². The average Bonchev–Trinajstić information content (AvgIpc) is 2.79. The Hall–Kier alpha value is -1.44. The number of carbonyl (C=O) groups excluding carboxylic acids is 1. The van der Waals surface area contributed by atoms with Gasteiger partial charge in [-0.3, -0.25) is 14.2 Å². The maximum absolute atomic E-state index is 12.5. The molecule has 0 bridgehead atoms. The lowest BCUT2D eigenvalue weighted by Gasteiger charge is -2.11. The predicted octanol–water partition coefficient (Wildman–Crippen LogP) is 1.61. The van der Waals surface area contributed by atoms with Crippen LogP contribution in [0.2, 0.25) is 0 Å². The molecule has 0 saturated carbocycles. The number of amides is 1. The number of likely N-dealkylation sites (N-methyl/N-ethyl adjacent to an activating group) is 1. The molecule has 2 heterocycles. The maximum Gasteiger partial charge on any atom is 0.262 e. The maximum atomic E-state index is 12.5. The number of hydrogen-bond donors (Lipinski definition) is 2. The number of nitrogens with one attached hydrogen (secondary N) is 2. The lowest BCUT2D eigenvalue weighted by atomic mass is 10.2. The fraction of sp³-hybridized carbons (Fsp3) is 0.533. The van der Waals surface area contributed by atoms with E-state index in [1.165, 1.54) is 22.2 Å². The van der Waals surface area contributed by atoms with Crippen molar-refractivity contribution in [3.63, 3.8) is 0 Å². The SMILES string of the molecule is CNC(C)CNC(=O)CCn1cnc2sc(C)c(C)c2c1=O.Cl. The fourth-order valence-electron chi connectivity index (χ4n) is 2.11. The Labute approximate surface area is 145 Å². The van der Waals surface area contributed by atoms with E-state index in [2.05, 4.69) is 15.6 Å². The highest BCUT2D eigenvalue weighted by molar-refractivity contribution is 7.18. The summed E-state index contributed by atoms with van der Waals surface area (Å²) in [5, 5.41) is 6.57. The molecule has 0 fully saturated rings. The highest BCUT2D eigenvalue weighted by Crippen LogP contribution is 2.25. The van der Waals surface area contributed by atoms with Crippen molar-refractivity contribution in [1.82, 2.24) is 20.2 Å². The van der Waals surface area contributed by atoms with Gasteiger partial charge in [0.1, 0.15) is 4.83 Å². The van der Waals surface area contributed by atoms with Gasteiger partial charge < -0.3 is 10.6 Å². The normalized spacial score (nSPS) is 12.0. The average molecular weight is 359 g/mol. The molecule has 23 heavy (non-hydrogen) atoms. The summed E-state index contributed by atoms with van der Waals surface area (Å²) >= 11 is 1.53. The summed E-state index contributed by atoms with van der Waals surface area (Å²) < 4.78 is 1.52. The summed E-state index contributed by atoms with van der Waals surface area (Å²) in [6.45, 7) is 6.83. The predicted molar refractivity (Wildman–Crippen MR) is 96.8 cm³/mol. The topological polar surface area (TPSA) is 76.0 Å². The molecule has 0 aromatic carbocycles. The zero-order valence-corrected chi connectivity index (χ0v) is 15.4. The molecule has 2 rings (SSSR count). The van der Waals surface area contributed by atoms with Gasteiger partial charge in [-0.1, -0.05) is 0 Å². The standard InChI is InChI=1S/C15H22N4O2S.ClH/c1-9(16-4)7-17-12(20)5-6-19-8-18-14-13(15(19)21)10(2)11(3)22-14;/h8-9,16H,5-7H2,1-4H3,(H,17,20);1H. The Morgan fingerprint density at radius 2 is 2.13 bits per heavy atom. The molecule has 6 nitrogen and oxygen atoms in total. The zero-order valence-electron chi connectivity index (χ0n) is 13.8. The van der Waals surface area contributed by atoms with Crippen molar-refractivity contribution in [2.45, 2.75) is 39.8 Å². The number of rotatable bonds is 6. The minimum Gasteiger partial charge on any atom is -0.354 e. The van der Waals surface area contributed by atoms with Crippen LogP contribution >= 0.6 is 23.7 Å². The van der Waals surface area contributed by atoms with Crippen molar-refractivity contribution in [1.29, 1.82) is 0 Å². The van der Waals surface area contributed by atoms with Crippen molar-refractivity contribution in [2.24, 2.45) is 0 Å². The second kappa shape index (κ2) is 8.42. The van der Waals surface area contributed by atoms with Crippen molar-refractivity contribution < 1.29 is 4.79 Å². The van der Waals surface area contributed by atoms with Gasteiger partial charge in [-0.2, -0.15) is 0 Å². The highest BCUT2D eigenvalue weighted by atomic mass is 35.5. The molecule has 2 aromatic rings. The molecule has 0 spiro atoms. The van der Waals surface area contributed by atoms with Crippen LogP contribution in [-0.2, 0) is 11.3 Å². The van der Waals surface area contributed by atoms with Gasteiger partial charge in [0.15, 0.2) is 0 Å². The summed E-state index contributed by atoms with van der Waals surface area (Å²) in [5.41, 5.74) is 0.919. The Balaban J connectivity index is 0.00000264. The van der Waals surface area contributed by atoms with Crippen LogP contribution in [0.15, 0.2) is 11.1 Å². The van der Waals surface area contributed by atoms with Gasteiger partial charge in [-0.05, 0) is 33.4 Å². The molecule has 0 aliphatic carbocycles. The molecule has 128 valence electrons. The summed E-state index contributed by atoms with van der Waals surface area (Å²) in [5.74, 6) is -0.0627. The second-order valence-electron chi connectivity index (χ2n) is 5.45. The number of aryl methyl sites for hydroxylation is 3. The van der Waals surface area contributed by atoms with E-state index in [1.807, 2.05) is 27.8 Å². The van der Waals surface area contributed by atoms with Crippen LogP contribution in [0.5, 0.6) is 0 Å². The van der Waals surface area contributed by atoms with E-state index in [4.69, 9.17) is 0 Å². The van der Waals surface area contributed by atoms with Gasteiger partial charge in [0.25, 0.3) is 5.56 Å². The summed E-state index contributed by atoms with van der Waals surface area (Å²) in [4.78, 5) is 30.5. The molecule has 0 aliphatic heterocycles. The molecule has 2 aromatic heterocycles. The third kappa shape index (κ3) is 4.53. The Morgan fingerprint density at radius 3 is 2.78 bits per heavy atom. The van der Waals surface area contributed by atoms with Crippen molar-refractivity contribution in [2.75, 3.05) is 13.6 Å². The number of halogens is 1. The summed E-state index contributed by atoms with van der Waals surface area (Å²) in [6.07, 6.45) is 1.80. The minimum absolute atomic E-state index is 0. The summed E-state index contributed by atoms with van der Waals surface area (Å²) in [7, 11) is 1.85. The minimum atomic E-state index is -0.0664. The van der Waals surface area contributed by atoms with Crippen LogP contribution in [0, 0.1) is 13.8 Å². The molecular formula is C15H23ClN4O2S. The van der Waals surface area contributed by atoms with Crippen molar-refractivity contribution in [3.05, 3.63) is 27.1 Å². The van der Waals surface area contributed by atoms with E-state index >= 15 is 0 Å².